The number of amides is 1. The van der Waals surface area contributed by atoms with Crippen LogP contribution in [-0.2, 0) is 9.59 Å². The Kier molecular flexibility index (Phi) is 5.39. The van der Waals surface area contributed by atoms with Gasteiger partial charge in [0.2, 0.25) is 0 Å². The summed E-state index contributed by atoms with van der Waals surface area (Å²) in [5.74, 6) is 3.70. The molecule has 0 aromatic heterocycles. The van der Waals surface area contributed by atoms with Crippen molar-refractivity contribution in [1.82, 2.24) is 5.32 Å². The van der Waals surface area contributed by atoms with Gasteiger partial charge in [-0.05, 0) is 30.9 Å². The smallest absolute Gasteiger partial charge is 0.326 e. The van der Waals surface area contributed by atoms with Gasteiger partial charge in [-0.15, -0.1) is 0 Å². The zero-order valence-corrected chi connectivity index (χ0v) is 11.8. The van der Waals surface area contributed by atoms with Crippen LogP contribution in [0.3, 0.4) is 0 Å². The highest BCUT2D eigenvalue weighted by atomic mass is 16.4. The highest BCUT2D eigenvalue weighted by Crippen LogP contribution is 2.26. The van der Waals surface area contributed by atoms with Crippen molar-refractivity contribution >= 4 is 11.9 Å². The van der Waals surface area contributed by atoms with Gasteiger partial charge in [0.15, 0.2) is 0 Å². The maximum absolute atomic E-state index is 11.8. The summed E-state index contributed by atoms with van der Waals surface area (Å²) in [5, 5.41) is 11.8. The summed E-state index contributed by atoms with van der Waals surface area (Å²) in [7, 11) is 0. The number of carbonyl (C=O) groups is 2. The molecular weight excluding hydrogens is 266 g/mol. The van der Waals surface area contributed by atoms with Crippen molar-refractivity contribution in [2.45, 2.75) is 38.1 Å². The van der Waals surface area contributed by atoms with Gasteiger partial charge in [0.1, 0.15) is 6.04 Å². The van der Waals surface area contributed by atoms with E-state index in [1.165, 1.54) is 0 Å². The van der Waals surface area contributed by atoms with Crippen LogP contribution in [0.25, 0.3) is 0 Å². The Bertz CT molecular complexity index is 550. The first-order valence-electron chi connectivity index (χ1n) is 7.27. The van der Waals surface area contributed by atoms with Crippen LogP contribution in [0.1, 0.15) is 37.7 Å². The van der Waals surface area contributed by atoms with E-state index in [2.05, 4.69) is 17.2 Å². The molecule has 1 aliphatic carbocycles. The van der Waals surface area contributed by atoms with Gasteiger partial charge in [0.05, 0.1) is 0 Å². The van der Waals surface area contributed by atoms with E-state index in [-0.39, 0.29) is 5.92 Å². The van der Waals surface area contributed by atoms with Gasteiger partial charge in [-0.2, -0.15) is 0 Å². The maximum Gasteiger partial charge on any atom is 0.326 e. The number of aliphatic carboxylic acids is 1. The van der Waals surface area contributed by atoms with E-state index in [1.54, 1.807) is 12.1 Å². The minimum Gasteiger partial charge on any atom is -0.480 e. The molecule has 4 nitrogen and oxygen atoms in total. The molecule has 0 spiro atoms. The molecule has 1 atom stereocenters. The summed E-state index contributed by atoms with van der Waals surface area (Å²) >= 11 is 0. The molecule has 1 unspecified atom stereocenters. The average molecular weight is 285 g/mol. The molecule has 110 valence electrons. The fraction of sp³-hybridized carbons (Fsp3) is 0.412. The maximum atomic E-state index is 11.8. The zero-order chi connectivity index (χ0) is 15.1. The third-order valence-electron chi connectivity index (χ3n) is 3.77. The van der Waals surface area contributed by atoms with E-state index < -0.39 is 17.9 Å². The Balaban J connectivity index is 1.98. The first kappa shape index (κ1) is 15.1. The predicted molar refractivity (Wildman–Crippen MR) is 79.5 cm³/mol. The van der Waals surface area contributed by atoms with E-state index in [1.807, 2.05) is 18.2 Å². The number of carbonyl (C=O) groups excluding carboxylic acids is 1. The number of nitrogens with one attached hydrogen (secondary N) is 1. The minimum atomic E-state index is -0.975. The van der Waals surface area contributed by atoms with Crippen LogP contribution in [0.4, 0.5) is 0 Å². The topological polar surface area (TPSA) is 66.4 Å². The Morgan fingerprint density at radius 3 is 2.43 bits per heavy atom. The van der Waals surface area contributed by atoms with Crippen molar-refractivity contribution in [3.05, 3.63) is 35.9 Å². The van der Waals surface area contributed by atoms with Crippen molar-refractivity contribution in [3.8, 4) is 11.8 Å². The molecule has 1 aromatic carbocycles. The second-order valence-electron chi connectivity index (χ2n) is 5.30. The van der Waals surface area contributed by atoms with Gasteiger partial charge in [0, 0.05) is 11.5 Å². The molecule has 1 saturated carbocycles. The lowest BCUT2D eigenvalue weighted by Gasteiger charge is -2.27. The van der Waals surface area contributed by atoms with Crippen LogP contribution in [0.5, 0.6) is 0 Å². The van der Waals surface area contributed by atoms with Crippen LogP contribution in [0, 0.1) is 17.8 Å². The van der Waals surface area contributed by atoms with E-state index in [4.69, 9.17) is 0 Å². The SMILES string of the molecule is O=C(C#Cc1ccccc1)NC(C(=O)O)C1CCCCC1. The Morgan fingerprint density at radius 1 is 1.14 bits per heavy atom. The Hall–Kier alpha value is -2.28. The standard InChI is InChI=1S/C17H19NO3/c19-15(12-11-13-7-3-1-4-8-13)18-16(17(20)21)14-9-5-2-6-10-14/h1,3-4,7-8,14,16H,2,5-6,9-10H2,(H,18,19)(H,20,21). The van der Waals surface area contributed by atoms with Crippen molar-refractivity contribution < 1.29 is 14.7 Å². The molecule has 2 N–H and O–H groups in total. The van der Waals surface area contributed by atoms with Crippen molar-refractivity contribution in [3.63, 3.8) is 0 Å². The van der Waals surface area contributed by atoms with Crippen LogP contribution in [0.2, 0.25) is 0 Å². The molecule has 0 heterocycles. The molecule has 21 heavy (non-hydrogen) atoms. The lowest BCUT2D eigenvalue weighted by Crippen LogP contribution is -2.46. The van der Waals surface area contributed by atoms with E-state index in [9.17, 15) is 14.7 Å². The van der Waals surface area contributed by atoms with Gasteiger partial charge in [-0.25, -0.2) is 4.79 Å². The molecule has 1 fully saturated rings. The molecule has 0 radical (unpaired) electrons. The lowest BCUT2D eigenvalue weighted by molar-refractivity contribution is -0.143. The molecule has 0 bridgehead atoms. The fourth-order valence-corrected chi connectivity index (χ4v) is 2.68. The Morgan fingerprint density at radius 2 is 1.81 bits per heavy atom. The van der Waals surface area contributed by atoms with E-state index >= 15 is 0 Å². The number of carboxylic acids is 1. The fourth-order valence-electron chi connectivity index (χ4n) is 2.68. The molecule has 1 aromatic rings. The third kappa shape index (κ3) is 4.64. The first-order chi connectivity index (χ1) is 10.2. The monoisotopic (exact) mass is 285 g/mol. The summed E-state index contributed by atoms with van der Waals surface area (Å²) in [5.41, 5.74) is 0.734. The number of rotatable bonds is 3. The minimum absolute atomic E-state index is 0.0127. The van der Waals surface area contributed by atoms with Gasteiger partial charge in [-0.1, -0.05) is 43.4 Å². The molecule has 1 amide bonds. The second kappa shape index (κ2) is 7.49. The van der Waals surface area contributed by atoms with E-state index in [0.717, 1.165) is 37.7 Å². The largest absolute Gasteiger partial charge is 0.480 e. The predicted octanol–water partition coefficient (Wildman–Crippen LogP) is 2.19. The number of carboxylic acid groups (broad SMARTS) is 1. The quantitative estimate of drug-likeness (QED) is 0.837. The number of hydrogen-bond donors (Lipinski definition) is 2. The summed E-state index contributed by atoms with van der Waals surface area (Å²) in [4.78, 5) is 23.2. The van der Waals surface area contributed by atoms with Gasteiger partial charge in [0.25, 0.3) is 5.91 Å². The summed E-state index contributed by atoms with van der Waals surface area (Å²) in [6, 6.07) is 8.32. The normalized spacial score (nSPS) is 16.4. The van der Waals surface area contributed by atoms with Crippen molar-refractivity contribution in [2.24, 2.45) is 5.92 Å². The second-order valence-corrected chi connectivity index (χ2v) is 5.30. The van der Waals surface area contributed by atoms with Gasteiger partial charge >= 0.3 is 5.97 Å². The van der Waals surface area contributed by atoms with Crippen LogP contribution in [0.15, 0.2) is 30.3 Å². The summed E-state index contributed by atoms with van der Waals surface area (Å²) < 4.78 is 0. The first-order valence-corrected chi connectivity index (χ1v) is 7.27. The van der Waals surface area contributed by atoms with Gasteiger partial charge < -0.3 is 10.4 Å². The Labute approximate surface area is 124 Å². The molecule has 0 aliphatic heterocycles. The molecule has 1 aliphatic rings. The lowest BCUT2D eigenvalue weighted by atomic mass is 9.84. The average Bonchev–Trinajstić information content (AvgIpc) is 2.52. The molecule has 4 heteroatoms. The van der Waals surface area contributed by atoms with E-state index in [0.29, 0.717) is 0 Å². The summed E-state index contributed by atoms with van der Waals surface area (Å²) in [6.07, 6.45) is 4.90. The molecular formula is C17H19NO3. The van der Waals surface area contributed by atoms with Crippen LogP contribution in [-0.4, -0.2) is 23.0 Å². The highest BCUT2D eigenvalue weighted by Gasteiger charge is 2.30. The van der Waals surface area contributed by atoms with Crippen molar-refractivity contribution in [2.75, 3.05) is 0 Å². The number of benzene rings is 1. The zero-order valence-electron chi connectivity index (χ0n) is 11.8. The third-order valence-corrected chi connectivity index (χ3v) is 3.77. The number of hydrogen-bond acceptors (Lipinski definition) is 2. The molecule has 0 saturated heterocycles. The van der Waals surface area contributed by atoms with Crippen LogP contribution < -0.4 is 5.32 Å². The van der Waals surface area contributed by atoms with Gasteiger partial charge in [-0.3, -0.25) is 4.79 Å². The van der Waals surface area contributed by atoms with Crippen LogP contribution >= 0.6 is 0 Å². The summed E-state index contributed by atoms with van der Waals surface area (Å²) in [6.45, 7) is 0. The molecule has 2 rings (SSSR count). The highest BCUT2D eigenvalue weighted by molar-refractivity contribution is 5.96. The van der Waals surface area contributed by atoms with Crippen molar-refractivity contribution in [1.29, 1.82) is 0 Å².